The fraction of sp³-hybridized carbons (Fsp3) is 0.353. The lowest BCUT2D eigenvalue weighted by Crippen LogP contribution is -2.14. The molecule has 1 aromatic heterocycles. The van der Waals surface area contributed by atoms with Gasteiger partial charge in [-0.2, -0.15) is 0 Å². The first kappa shape index (κ1) is 14.5. The second kappa shape index (κ2) is 7.06. The number of hydrogen-bond acceptors (Lipinski definition) is 3. The molecule has 106 valence electrons. The van der Waals surface area contributed by atoms with Gasteiger partial charge in [0, 0.05) is 12.2 Å². The molecule has 1 aromatic carbocycles. The molecular weight excluding hydrogens is 248 g/mol. The van der Waals surface area contributed by atoms with Gasteiger partial charge in [0.25, 0.3) is 0 Å². The Morgan fingerprint density at radius 3 is 2.55 bits per heavy atom. The van der Waals surface area contributed by atoms with Gasteiger partial charge in [0.2, 0.25) is 0 Å². The molecule has 1 N–H and O–H groups in total. The van der Waals surface area contributed by atoms with Gasteiger partial charge in [-0.1, -0.05) is 13.0 Å². The van der Waals surface area contributed by atoms with Gasteiger partial charge in [0.05, 0.1) is 6.20 Å². The van der Waals surface area contributed by atoms with Crippen molar-refractivity contribution in [2.75, 3.05) is 6.54 Å². The fourth-order valence-electron chi connectivity index (χ4n) is 1.98. The summed E-state index contributed by atoms with van der Waals surface area (Å²) in [6.45, 7) is 8.21. The number of nitrogens with zero attached hydrogens (tertiary/aromatic N) is 1. The summed E-state index contributed by atoms with van der Waals surface area (Å²) in [5.74, 6) is 1.62. The molecule has 0 spiro atoms. The Kier molecular flexibility index (Phi) is 5.13. The van der Waals surface area contributed by atoms with Gasteiger partial charge in [0.1, 0.15) is 11.5 Å². The molecule has 0 radical (unpaired) electrons. The molecule has 2 rings (SSSR count). The van der Waals surface area contributed by atoms with Crippen LogP contribution >= 0.6 is 0 Å². The molecule has 0 atom stereocenters. The van der Waals surface area contributed by atoms with Crippen molar-refractivity contribution in [3.05, 3.63) is 53.3 Å². The molecule has 3 heteroatoms. The highest BCUT2D eigenvalue weighted by Gasteiger charge is 2.02. The maximum atomic E-state index is 5.81. The molecule has 0 aliphatic carbocycles. The molecule has 0 unspecified atom stereocenters. The quantitative estimate of drug-likeness (QED) is 0.806. The molecule has 0 aliphatic heterocycles. The van der Waals surface area contributed by atoms with E-state index in [1.165, 1.54) is 11.1 Å². The van der Waals surface area contributed by atoms with E-state index < -0.39 is 0 Å². The summed E-state index contributed by atoms with van der Waals surface area (Å²) in [4.78, 5) is 4.23. The van der Waals surface area contributed by atoms with Crippen molar-refractivity contribution in [1.29, 1.82) is 0 Å². The maximum absolute atomic E-state index is 5.81. The normalized spacial score (nSPS) is 10.6. The Morgan fingerprint density at radius 2 is 1.90 bits per heavy atom. The Labute approximate surface area is 121 Å². The Balaban J connectivity index is 2.03. The number of rotatable bonds is 6. The van der Waals surface area contributed by atoms with Gasteiger partial charge in [-0.05, 0) is 62.2 Å². The summed E-state index contributed by atoms with van der Waals surface area (Å²) < 4.78 is 5.81. The number of aromatic nitrogens is 1. The summed E-state index contributed by atoms with van der Waals surface area (Å²) in [6, 6.07) is 10.1. The molecule has 0 aliphatic rings. The monoisotopic (exact) mass is 270 g/mol. The first-order chi connectivity index (χ1) is 9.69. The molecule has 20 heavy (non-hydrogen) atoms. The fourth-order valence-corrected chi connectivity index (χ4v) is 1.98. The lowest BCUT2D eigenvalue weighted by Gasteiger charge is -2.10. The first-order valence-electron chi connectivity index (χ1n) is 7.10. The third-order valence-electron chi connectivity index (χ3n) is 3.18. The van der Waals surface area contributed by atoms with Gasteiger partial charge in [0.15, 0.2) is 0 Å². The minimum atomic E-state index is 0.770. The van der Waals surface area contributed by atoms with Crippen molar-refractivity contribution in [1.82, 2.24) is 10.3 Å². The zero-order valence-corrected chi connectivity index (χ0v) is 12.4. The van der Waals surface area contributed by atoms with E-state index in [-0.39, 0.29) is 0 Å². The van der Waals surface area contributed by atoms with E-state index in [4.69, 9.17) is 4.74 Å². The predicted molar refractivity (Wildman–Crippen MR) is 82.2 cm³/mol. The number of aryl methyl sites for hydroxylation is 2. The van der Waals surface area contributed by atoms with E-state index >= 15 is 0 Å². The molecule has 0 bridgehead atoms. The number of ether oxygens (including phenoxy) is 1. The van der Waals surface area contributed by atoms with Crippen molar-refractivity contribution in [2.24, 2.45) is 0 Å². The van der Waals surface area contributed by atoms with E-state index in [2.05, 4.69) is 36.3 Å². The van der Waals surface area contributed by atoms with Crippen LogP contribution in [0.4, 0.5) is 0 Å². The SMILES string of the molecule is CCCNCc1ccc(Oc2ccc(C)nc2)cc1C. The van der Waals surface area contributed by atoms with Crippen molar-refractivity contribution in [3.8, 4) is 11.5 Å². The first-order valence-corrected chi connectivity index (χ1v) is 7.10. The number of nitrogens with one attached hydrogen (secondary N) is 1. The second-order valence-electron chi connectivity index (χ2n) is 5.00. The zero-order valence-electron chi connectivity index (χ0n) is 12.4. The highest BCUT2D eigenvalue weighted by molar-refractivity contribution is 5.37. The van der Waals surface area contributed by atoms with Gasteiger partial charge in [-0.25, -0.2) is 0 Å². The molecule has 3 nitrogen and oxygen atoms in total. The van der Waals surface area contributed by atoms with Crippen molar-refractivity contribution in [2.45, 2.75) is 33.7 Å². The molecule has 1 heterocycles. The van der Waals surface area contributed by atoms with E-state index in [1.807, 2.05) is 25.1 Å². The van der Waals surface area contributed by atoms with Crippen LogP contribution in [0.25, 0.3) is 0 Å². The van der Waals surface area contributed by atoms with Crippen LogP contribution in [0.2, 0.25) is 0 Å². The highest BCUT2D eigenvalue weighted by atomic mass is 16.5. The van der Waals surface area contributed by atoms with Crippen molar-refractivity contribution in [3.63, 3.8) is 0 Å². The Bertz CT molecular complexity index is 549. The van der Waals surface area contributed by atoms with E-state index in [0.717, 1.165) is 36.7 Å². The van der Waals surface area contributed by atoms with E-state index in [0.29, 0.717) is 0 Å². The topological polar surface area (TPSA) is 34.1 Å². The molecule has 0 amide bonds. The smallest absolute Gasteiger partial charge is 0.145 e. The van der Waals surface area contributed by atoms with Crippen LogP contribution in [-0.4, -0.2) is 11.5 Å². The average molecular weight is 270 g/mol. The van der Waals surface area contributed by atoms with Crippen LogP contribution in [0.3, 0.4) is 0 Å². The molecule has 0 saturated heterocycles. The minimum absolute atomic E-state index is 0.770. The Hall–Kier alpha value is -1.87. The van der Waals surface area contributed by atoms with Gasteiger partial charge >= 0.3 is 0 Å². The summed E-state index contributed by atoms with van der Waals surface area (Å²) in [5.41, 5.74) is 3.55. The van der Waals surface area contributed by atoms with Crippen LogP contribution in [0.15, 0.2) is 36.5 Å². The van der Waals surface area contributed by atoms with Gasteiger partial charge in [-0.15, -0.1) is 0 Å². The summed E-state index contributed by atoms with van der Waals surface area (Å²) in [7, 11) is 0. The molecule has 0 saturated carbocycles. The van der Waals surface area contributed by atoms with Crippen LogP contribution in [0.1, 0.15) is 30.2 Å². The zero-order chi connectivity index (χ0) is 14.4. The lowest BCUT2D eigenvalue weighted by molar-refractivity contribution is 0.479. The maximum Gasteiger partial charge on any atom is 0.145 e. The third-order valence-corrected chi connectivity index (χ3v) is 3.18. The van der Waals surface area contributed by atoms with Crippen molar-refractivity contribution >= 4 is 0 Å². The number of hydrogen-bond donors (Lipinski definition) is 1. The van der Waals surface area contributed by atoms with Crippen LogP contribution in [0, 0.1) is 13.8 Å². The van der Waals surface area contributed by atoms with Crippen LogP contribution in [-0.2, 0) is 6.54 Å². The molecule has 2 aromatic rings. The second-order valence-corrected chi connectivity index (χ2v) is 5.00. The van der Waals surface area contributed by atoms with E-state index in [1.54, 1.807) is 6.20 Å². The number of benzene rings is 1. The van der Waals surface area contributed by atoms with E-state index in [9.17, 15) is 0 Å². The van der Waals surface area contributed by atoms with Crippen LogP contribution < -0.4 is 10.1 Å². The number of pyridine rings is 1. The van der Waals surface area contributed by atoms with Crippen molar-refractivity contribution < 1.29 is 4.74 Å². The third kappa shape index (κ3) is 4.07. The highest BCUT2D eigenvalue weighted by Crippen LogP contribution is 2.23. The van der Waals surface area contributed by atoms with Gasteiger partial charge < -0.3 is 10.1 Å². The van der Waals surface area contributed by atoms with Crippen LogP contribution in [0.5, 0.6) is 11.5 Å². The Morgan fingerprint density at radius 1 is 1.10 bits per heavy atom. The molecular formula is C17H22N2O. The average Bonchev–Trinajstić information content (AvgIpc) is 2.44. The molecule has 0 fully saturated rings. The largest absolute Gasteiger partial charge is 0.456 e. The summed E-state index contributed by atoms with van der Waals surface area (Å²) >= 11 is 0. The predicted octanol–water partition coefficient (Wildman–Crippen LogP) is 3.99. The minimum Gasteiger partial charge on any atom is -0.456 e. The van der Waals surface area contributed by atoms with Gasteiger partial charge in [-0.3, -0.25) is 4.98 Å². The summed E-state index contributed by atoms with van der Waals surface area (Å²) in [5, 5.41) is 3.42. The standard InChI is InChI=1S/C17H22N2O/c1-4-9-18-11-15-6-8-16(10-13(15)2)20-17-7-5-14(3)19-12-17/h5-8,10,12,18H,4,9,11H2,1-3H3. The lowest BCUT2D eigenvalue weighted by atomic mass is 10.1. The summed E-state index contributed by atoms with van der Waals surface area (Å²) in [6.07, 6.45) is 2.90.